The fourth-order valence-corrected chi connectivity index (χ4v) is 0.786. The van der Waals surface area contributed by atoms with Crippen LogP contribution in [0.25, 0.3) is 0 Å². The molecular formula is C9H20N2O2. The predicted molar refractivity (Wildman–Crippen MR) is 52.2 cm³/mol. The van der Waals surface area contributed by atoms with Crippen molar-refractivity contribution < 1.29 is 9.90 Å². The number of aliphatic hydroxyl groups is 1. The first-order chi connectivity index (χ1) is 5.81. The monoisotopic (exact) mass is 188 g/mol. The molecule has 1 amide bonds. The Morgan fingerprint density at radius 2 is 2.15 bits per heavy atom. The highest BCUT2D eigenvalue weighted by Crippen LogP contribution is 2.06. The van der Waals surface area contributed by atoms with E-state index in [0.29, 0.717) is 19.4 Å². The minimum absolute atomic E-state index is 0.0561. The molecule has 13 heavy (non-hydrogen) atoms. The second-order valence-electron chi connectivity index (χ2n) is 4.14. The van der Waals surface area contributed by atoms with E-state index in [2.05, 4.69) is 5.32 Å². The molecule has 0 fully saturated rings. The number of carbonyl (C=O) groups is 1. The normalized spacial score (nSPS) is 13.9. The molecule has 0 aromatic heterocycles. The number of nitrogens with one attached hydrogen (secondary N) is 1. The van der Waals surface area contributed by atoms with Gasteiger partial charge in [-0.15, -0.1) is 0 Å². The van der Waals surface area contributed by atoms with Crippen molar-refractivity contribution in [3.05, 3.63) is 0 Å². The largest absolute Gasteiger partial charge is 0.392 e. The molecule has 0 aromatic carbocycles. The summed E-state index contributed by atoms with van der Waals surface area (Å²) < 4.78 is 0. The highest BCUT2D eigenvalue weighted by atomic mass is 16.3. The Morgan fingerprint density at radius 1 is 1.62 bits per heavy atom. The highest BCUT2D eigenvalue weighted by Gasteiger charge is 2.12. The molecule has 0 aliphatic rings. The Bertz CT molecular complexity index is 161. The molecule has 4 nitrogen and oxygen atoms in total. The maximum absolute atomic E-state index is 11.1. The van der Waals surface area contributed by atoms with Crippen LogP contribution in [0.4, 0.5) is 0 Å². The molecule has 0 radical (unpaired) electrons. The van der Waals surface area contributed by atoms with Gasteiger partial charge in [0, 0.05) is 18.5 Å². The molecule has 0 aliphatic heterocycles. The van der Waals surface area contributed by atoms with Gasteiger partial charge in [-0.1, -0.05) is 0 Å². The molecule has 0 spiro atoms. The zero-order valence-corrected chi connectivity index (χ0v) is 8.63. The van der Waals surface area contributed by atoms with Gasteiger partial charge in [0.15, 0.2) is 0 Å². The summed E-state index contributed by atoms with van der Waals surface area (Å²) in [6.07, 6.45) is 0.573. The van der Waals surface area contributed by atoms with Gasteiger partial charge in [0.1, 0.15) is 0 Å². The van der Waals surface area contributed by atoms with E-state index >= 15 is 0 Å². The number of hydrogen-bond donors (Lipinski definition) is 3. The second-order valence-corrected chi connectivity index (χ2v) is 4.14. The van der Waals surface area contributed by atoms with Crippen molar-refractivity contribution in [2.45, 2.75) is 45.3 Å². The summed E-state index contributed by atoms with van der Waals surface area (Å²) in [6, 6.07) is 0. The molecule has 4 heteroatoms. The number of rotatable bonds is 5. The fourth-order valence-electron chi connectivity index (χ4n) is 0.786. The van der Waals surface area contributed by atoms with Gasteiger partial charge < -0.3 is 16.2 Å². The minimum Gasteiger partial charge on any atom is -0.392 e. The first kappa shape index (κ1) is 12.4. The predicted octanol–water partition coefficient (Wildman–Crippen LogP) is 0.000900. The zero-order valence-electron chi connectivity index (χ0n) is 8.63. The Hall–Kier alpha value is -0.610. The van der Waals surface area contributed by atoms with Gasteiger partial charge in [0.2, 0.25) is 5.91 Å². The molecule has 0 heterocycles. The van der Waals surface area contributed by atoms with Crippen LogP contribution in [-0.2, 0) is 4.79 Å². The Labute approximate surface area is 79.5 Å². The van der Waals surface area contributed by atoms with E-state index in [-0.39, 0.29) is 11.4 Å². The van der Waals surface area contributed by atoms with Crippen LogP contribution < -0.4 is 11.1 Å². The van der Waals surface area contributed by atoms with Gasteiger partial charge >= 0.3 is 0 Å². The first-order valence-electron chi connectivity index (χ1n) is 4.55. The van der Waals surface area contributed by atoms with Crippen molar-refractivity contribution in [2.75, 3.05) is 6.54 Å². The van der Waals surface area contributed by atoms with E-state index in [9.17, 15) is 4.79 Å². The summed E-state index contributed by atoms with van der Waals surface area (Å²) in [5, 5.41) is 11.5. The highest BCUT2D eigenvalue weighted by molar-refractivity contribution is 5.75. The second kappa shape index (κ2) is 5.19. The van der Waals surface area contributed by atoms with Crippen LogP contribution in [0.1, 0.15) is 33.6 Å². The third-order valence-corrected chi connectivity index (χ3v) is 1.59. The summed E-state index contributed by atoms with van der Waals surface area (Å²) in [4.78, 5) is 11.1. The number of amides is 1. The lowest BCUT2D eigenvalue weighted by atomic mass is 10.00. The van der Waals surface area contributed by atoms with Crippen molar-refractivity contribution in [2.24, 2.45) is 5.73 Å². The molecule has 0 saturated carbocycles. The summed E-state index contributed by atoms with van der Waals surface area (Å²) in [7, 11) is 0. The van der Waals surface area contributed by atoms with Crippen LogP contribution in [0, 0.1) is 0 Å². The molecule has 0 aromatic rings. The summed E-state index contributed by atoms with van der Waals surface area (Å²) in [6.45, 7) is 5.71. The minimum atomic E-state index is -0.491. The van der Waals surface area contributed by atoms with Gasteiger partial charge in [0.25, 0.3) is 0 Å². The van der Waals surface area contributed by atoms with E-state index in [4.69, 9.17) is 10.8 Å². The SMILES string of the molecule is C[C@H](O)CNC(=O)CCC(C)(C)N. The Morgan fingerprint density at radius 3 is 2.54 bits per heavy atom. The van der Waals surface area contributed by atoms with Gasteiger partial charge in [-0.3, -0.25) is 4.79 Å². The van der Waals surface area contributed by atoms with E-state index in [1.54, 1.807) is 6.92 Å². The van der Waals surface area contributed by atoms with E-state index in [1.807, 2.05) is 13.8 Å². The molecular weight excluding hydrogens is 168 g/mol. The van der Waals surface area contributed by atoms with Crippen molar-refractivity contribution >= 4 is 5.91 Å². The van der Waals surface area contributed by atoms with Crippen molar-refractivity contribution in [3.63, 3.8) is 0 Å². The molecule has 0 unspecified atom stereocenters. The van der Waals surface area contributed by atoms with Gasteiger partial charge in [-0.2, -0.15) is 0 Å². The molecule has 0 aliphatic carbocycles. The summed E-state index contributed by atoms with van der Waals surface area (Å²) in [5.41, 5.74) is 5.41. The van der Waals surface area contributed by atoms with E-state index in [1.165, 1.54) is 0 Å². The van der Waals surface area contributed by atoms with Crippen molar-refractivity contribution in [3.8, 4) is 0 Å². The topological polar surface area (TPSA) is 75.3 Å². The van der Waals surface area contributed by atoms with Crippen LogP contribution in [-0.4, -0.2) is 29.2 Å². The lowest BCUT2D eigenvalue weighted by Gasteiger charge is -2.17. The van der Waals surface area contributed by atoms with Crippen molar-refractivity contribution in [1.29, 1.82) is 0 Å². The van der Waals surface area contributed by atoms with Crippen LogP contribution >= 0.6 is 0 Å². The van der Waals surface area contributed by atoms with Crippen LogP contribution in [0.2, 0.25) is 0 Å². The average Bonchev–Trinajstić information content (AvgIpc) is 1.95. The number of hydrogen-bond acceptors (Lipinski definition) is 3. The zero-order chi connectivity index (χ0) is 10.5. The molecule has 0 saturated heterocycles. The first-order valence-corrected chi connectivity index (χ1v) is 4.55. The van der Waals surface area contributed by atoms with Gasteiger partial charge in [-0.05, 0) is 27.2 Å². The average molecular weight is 188 g/mol. The Balaban J connectivity index is 3.53. The lowest BCUT2D eigenvalue weighted by Crippen LogP contribution is -2.36. The van der Waals surface area contributed by atoms with Crippen LogP contribution in [0.15, 0.2) is 0 Å². The molecule has 0 bridgehead atoms. The van der Waals surface area contributed by atoms with Gasteiger partial charge in [0.05, 0.1) is 6.10 Å². The number of aliphatic hydroxyl groups excluding tert-OH is 1. The van der Waals surface area contributed by atoms with Crippen molar-refractivity contribution in [1.82, 2.24) is 5.32 Å². The lowest BCUT2D eigenvalue weighted by molar-refractivity contribution is -0.121. The summed E-state index contributed by atoms with van der Waals surface area (Å²) in [5.74, 6) is -0.0561. The number of nitrogens with two attached hydrogens (primary N) is 1. The third kappa shape index (κ3) is 9.30. The quantitative estimate of drug-likeness (QED) is 0.568. The van der Waals surface area contributed by atoms with Crippen LogP contribution in [0.5, 0.6) is 0 Å². The fraction of sp³-hybridized carbons (Fsp3) is 0.889. The Kier molecular flexibility index (Phi) is 4.95. The molecule has 78 valence electrons. The molecule has 4 N–H and O–H groups in total. The standard InChI is InChI=1S/C9H20N2O2/c1-7(12)6-11-8(13)4-5-9(2,3)10/h7,12H,4-6,10H2,1-3H3,(H,11,13)/t7-/m0/s1. The van der Waals surface area contributed by atoms with Gasteiger partial charge in [-0.25, -0.2) is 0 Å². The maximum atomic E-state index is 11.1. The summed E-state index contributed by atoms with van der Waals surface area (Å²) >= 11 is 0. The van der Waals surface area contributed by atoms with E-state index < -0.39 is 6.10 Å². The maximum Gasteiger partial charge on any atom is 0.220 e. The smallest absolute Gasteiger partial charge is 0.220 e. The third-order valence-electron chi connectivity index (χ3n) is 1.59. The number of carbonyl (C=O) groups excluding carboxylic acids is 1. The van der Waals surface area contributed by atoms with Crippen LogP contribution in [0.3, 0.4) is 0 Å². The van der Waals surface area contributed by atoms with E-state index in [0.717, 1.165) is 0 Å². The molecule has 0 rings (SSSR count). The molecule has 1 atom stereocenters.